The van der Waals surface area contributed by atoms with Gasteiger partial charge < -0.3 is 9.84 Å². The topological polar surface area (TPSA) is 46.5 Å². The lowest BCUT2D eigenvalue weighted by molar-refractivity contribution is -0.147. The van der Waals surface area contributed by atoms with Gasteiger partial charge in [0, 0.05) is 7.11 Å². The molecule has 0 spiro atoms. The summed E-state index contributed by atoms with van der Waals surface area (Å²) < 4.78 is 5.04. The quantitative estimate of drug-likeness (QED) is 0.804. The van der Waals surface area contributed by atoms with Crippen LogP contribution in [0, 0.1) is 11.8 Å². The van der Waals surface area contributed by atoms with Crippen LogP contribution in [0.4, 0.5) is 0 Å². The Kier molecular flexibility index (Phi) is 6.16. The van der Waals surface area contributed by atoms with Crippen LogP contribution < -0.4 is 0 Å². The van der Waals surface area contributed by atoms with Crippen LogP contribution in [0.15, 0.2) is 10.6 Å². The maximum atomic E-state index is 10.9. The second-order valence-electron chi connectivity index (χ2n) is 3.26. The second-order valence-corrected chi connectivity index (χ2v) is 4.27. The van der Waals surface area contributed by atoms with E-state index in [0.29, 0.717) is 0 Å². The lowest BCUT2D eigenvalue weighted by Gasteiger charge is -2.22. The molecule has 0 saturated heterocycles. The average molecular weight is 241 g/mol. The summed E-state index contributed by atoms with van der Waals surface area (Å²) in [6.45, 7) is 3.61. The van der Waals surface area contributed by atoms with Crippen molar-refractivity contribution >= 4 is 29.2 Å². The van der Waals surface area contributed by atoms with Gasteiger partial charge in [0.05, 0.1) is 12.0 Å². The molecule has 3 nitrogen and oxygen atoms in total. The SMILES string of the molecule is COC(C=C(Cl)Cl)C(C(=O)O)C(C)C. The Balaban J connectivity index is 4.77. The summed E-state index contributed by atoms with van der Waals surface area (Å²) in [5.41, 5.74) is 0. The van der Waals surface area contributed by atoms with E-state index in [1.165, 1.54) is 13.2 Å². The fraction of sp³-hybridized carbons (Fsp3) is 0.667. The molecule has 0 aromatic heterocycles. The molecular formula is C9H14Cl2O3. The summed E-state index contributed by atoms with van der Waals surface area (Å²) in [5.74, 6) is -1.62. The minimum absolute atomic E-state index is 0.0174. The minimum Gasteiger partial charge on any atom is -0.481 e. The highest BCUT2D eigenvalue weighted by molar-refractivity contribution is 6.55. The molecule has 0 rings (SSSR count). The predicted molar refractivity (Wildman–Crippen MR) is 56.5 cm³/mol. The lowest BCUT2D eigenvalue weighted by Crippen LogP contribution is -2.32. The van der Waals surface area contributed by atoms with Crippen LogP contribution in [0.1, 0.15) is 13.8 Å². The van der Waals surface area contributed by atoms with Crippen LogP contribution in [0.3, 0.4) is 0 Å². The largest absolute Gasteiger partial charge is 0.481 e. The van der Waals surface area contributed by atoms with Gasteiger partial charge in [0.1, 0.15) is 4.49 Å². The summed E-state index contributed by atoms with van der Waals surface area (Å²) in [6.07, 6.45) is 0.791. The third-order valence-corrected chi connectivity index (χ3v) is 2.17. The number of aliphatic carboxylic acids is 1. The van der Waals surface area contributed by atoms with E-state index < -0.39 is 18.0 Å². The summed E-state index contributed by atoms with van der Waals surface area (Å²) in [7, 11) is 1.43. The monoisotopic (exact) mass is 240 g/mol. The van der Waals surface area contributed by atoms with Crippen molar-refractivity contribution in [2.75, 3.05) is 7.11 Å². The third kappa shape index (κ3) is 4.31. The van der Waals surface area contributed by atoms with Crippen LogP contribution in [-0.4, -0.2) is 24.3 Å². The zero-order valence-electron chi connectivity index (χ0n) is 8.33. The number of hydrogen-bond donors (Lipinski definition) is 1. The molecule has 0 aliphatic carbocycles. The fourth-order valence-electron chi connectivity index (χ4n) is 1.25. The maximum absolute atomic E-state index is 10.9. The van der Waals surface area contributed by atoms with E-state index in [1.54, 1.807) is 13.8 Å². The lowest BCUT2D eigenvalue weighted by atomic mass is 9.90. The highest BCUT2D eigenvalue weighted by Crippen LogP contribution is 2.22. The third-order valence-electron chi connectivity index (χ3n) is 1.92. The first-order chi connectivity index (χ1) is 6.40. The summed E-state index contributed by atoms with van der Waals surface area (Å²) >= 11 is 10.9. The Labute approximate surface area is 93.6 Å². The second kappa shape index (κ2) is 6.27. The first-order valence-electron chi connectivity index (χ1n) is 4.18. The molecule has 14 heavy (non-hydrogen) atoms. The van der Waals surface area contributed by atoms with Crippen LogP contribution in [0.5, 0.6) is 0 Å². The van der Waals surface area contributed by atoms with Crippen molar-refractivity contribution in [1.82, 2.24) is 0 Å². The van der Waals surface area contributed by atoms with Crippen molar-refractivity contribution < 1.29 is 14.6 Å². The molecule has 0 aromatic rings. The van der Waals surface area contributed by atoms with Gasteiger partial charge in [-0.15, -0.1) is 0 Å². The van der Waals surface area contributed by atoms with Crippen molar-refractivity contribution in [1.29, 1.82) is 0 Å². The highest BCUT2D eigenvalue weighted by atomic mass is 35.5. The van der Waals surface area contributed by atoms with E-state index in [-0.39, 0.29) is 10.4 Å². The number of halogens is 2. The van der Waals surface area contributed by atoms with Gasteiger partial charge in [-0.25, -0.2) is 0 Å². The molecule has 0 aliphatic heterocycles. The van der Waals surface area contributed by atoms with E-state index in [4.69, 9.17) is 33.0 Å². The minimum atomic E-state index is -0.919. The molecule has 0 aromatic carbocycles. The molecule has 1 N–H and O–H groups in total. The fourth-order valence-corrected chi connectivity index (χ4v) is 1.50. The number of ether oxygens (including phenoxy) is 1. The van der Waals surface area contributed by atoms with Crippen molar-refractivity contribution in [3.63, 3.8) is 0 Å². The van der Waals surface area contributed by atoms with Gasteiger partial charge >= 0.3 is 5.97 Å². The predicted octanol–water partition coefficient (Wildman–Crippen LogP) is 2.68. The number of hydrogen-bond acceptors (Lipinski definition) is 2. The van der Waals surface area contributed by atoms with Gasteiger partial charge in [-0.2, -0.15) is 0 Å². The number of carboxylic acid groups (broad SMARTS) is 1. The normalized spacial score (nSPS) is 15.0. The smallest absolute Gasteiger partial charge is 0.309 e. The summed E-state index contributed by atoms with van der Waals surface area (Å²) in [5, 5.41) is 8.96. The molecule has 0 bridgehead atoms. The van der Waals surface area contributed by atoms with Crippen LogP contribution in [-0.2, 0) is 9.53 Å². The molecule has 2 unspecified atom stereocenters. The number of rotatable bonds is 5. The van der Waals surface area contributed by atoms with E-state index >= 15 is 0 Å². The zero-order valence-corrected chi connectivity index (χ0v) is 9.84. The van der Waals surface area contributed by atoms with E-state index in [0.717, 1.165) is 0 Å². The standard InChI is InChI=1S/C9H14Cl2O3/c1-5(2)8(9(12)13)6(14-3)4-7(10)11/h4-6,8H,1-3H3,(H,12,13). The van der Waals surface area contributed by atoms with Gasteiger partial charge in [-0.1, -0.05) is 37.0 Å². The van der Waals surface area contributed by atoms with E-state index in [9.17, 15) is 4.79 Å². The Hall–Kier alpha value is -0.250. The number of carbonyl (C=O) groups is 1. The van der Waals surface area contributed by atoms with E-state index in [2.05, 4.69) is 0 Å². The molecule has 2 atom stereocenters. The molecule has 0 saturated carbocycles. The molecule has 0 aliphatic rings. The van der Waals surface area contributed by atoms with E-state index in [1.807, 2.05) is 0 Å². The van der Waals surface area contributed by atoms with Crippen molar-refractivity contribution in [3.05, 3.63) is 10.6 Å². The molecule has 0 fully saturated rings. The molecule has 0 amide bonds. The van der Waals surface area contributed by atoms with Gasteiger partial charge in [-0.05, 0) is 12.0 Å². The van der Waals surface area contributed by atoms with Crippen LogP contribution >= 0.6 is 23.2 Å². The number of methoxy groups -OCH3 is 1. The summed E-state index contributed by atoms with van der Waals surface area (Å²) in [6, 6.07) is 0. The van der Waals surface area contributed by atoms with Gasteiger partial charge in [-0.3, -0.25) is 4.79 Å². The maximum Gasteiger partial charge on any atom is 0.309 e. The molecule has 5 heteroatoms. The Morgan fingerprint density at radius 1 is 1.43 bits per heavy atom. The van der Waals surface area contributed by atoms with Crippen LogP contribution in [0.25, 0.3) is 0 Å². The molecule has 0 heterocycles. The van der Waals surface area contributed by atoms with Crippen LogP contribution in [0.2, 0.25) is 0 Å². The highest BCUT2D eigenvalue weighted by Gasteiger charge is 2.29. The van der Waals surface area contributed by atoms with Gasteiger partial charge in [0.2, 0.25) is 0 Å². The average Bonchev–Trinajstić information content (AvgIpc) is 2.00. The molecule has 0 radical (unpaired) electrons. The van der Waals surface area contributed by atoms with Crippen molar-refractivity contribution in [3.8, 4) is 0 Å². The zero-order chi connectivity index (χ0) is 11.3. The van der Waals surface area contributed by atoms with Crippen molar-refractivity contribution in [2.24, 2.45) is 11.8 Å². The molecular weight excluding hydrogens is 227 g/mol. The molecule has 82 valence electrons. The van der Waals surface area contributed by atoms with Gasteiger partial charge in [0.25, 0.3) is 0 Å². The number of carboxylic acids is 1. The Morgan fingerprint density at radius 2 is 1.93 bits per heavy atom. The van der Waals surface area contributed by atoms with Crippen molar-refractivity contribution in [2.45, 2.75) is 20.0 Å². The Bertz CT molecular complexity index is 222. The first-order valence-corrected chi connectivity index (χ1v) is 4.94. The summed E-state index contributed by atoms with van der Waals surface area (Å²) in [4.78, 5) is 10.9. The van der Waals surface area contributed by atoms with Gasteiger partial charge in [0.15, 0.2) is 0 Å². The Morgan fingerprint density at radius 3 is 2.14 bits per heavy atom. The first kappa shape index (κ1) is 13.8.